The molecule has 0 saturated carbocycles. The van der Waals surface area contributed by atoms with Gasteiger partial charge in [0.25, 0.3) is 5.89 Å². The fourth-order valence-corrected chi connectivity index (χ4v) is 2.65. The topological polar surface area (TPSA) is 51.8 Å². The molecule has 0 aliphatic rings. The first kappa shape index (κ1) is 16.6. The maximum absolute atomic E-state index is 14.2. The summed E-state index contributed by atoms with van der Waals surface area (Å²) < 4.78 is 19.9. The van der Waals surface area contributed by atoms with E-state index in [1.165, 1.54) is 12.3 Å². The SMILES string of the molecule is CC(C)CCc1nnc(-c2c(-c3ccccc3F)ccnc2Cl)o1. The molecule has 0 spiro atoms. The molecule has 124 valence electrons. The van der Waals surface area contributed by atoms with Crippen molar-refractivity contribution in [2.75, 3.05) is 0 Å². The number of aromatic nitrogens is 3. The van der Waals surface area contributed by atoms with Crippen LogP contribution >= 0.6 is 11.6 Å². The summed E-state index contributed by atoms with van der Waals surface area (Å²) in [6.07, 6.45) is 3.17. The normalized spacial score (nSPS) is 11.2. The molecule has 0 N–H and O–H groups in total. The molecule has 3 aromatic rings. The van der Waals surface area contributed by atoms with Gasteiger partial charge in [0.05, 0.1) is 5.56 Å². The lowest BCUT2D eigenvalue weighted by molar-refractivity contribution is 0.470. The summed E-state index contributed by atoms with van der Waals surface area (Å²) in [7, 11) is 0. The van der Waals surface area contributed by atoms with E-state index in [4.69, 9.17) is 16.0 Å². The van der Waals surface area contributed by atoms with Gasteiger partial charge in [-0.1, -0.05) is 43.6 Å². The van der Waals surface area contributed by atoms with Crippen molar-refractivity contribution in [2.45, 2.75) is 26.7 Å². The fourth-order valence-electron chi connectivity index (χ4n) is 2.41. The van der Waals surface area contributed by atoms with Gasteiger partial charge in [-0.25, -0.2) is 9.37 Å². The van der Waals surface area contributed by atoms with Gasteiger partial charge in [-0.05, 0) is 24.5 Å². The third-order valence-corrected chi connectivity index (χ3v) is 3.97. The van der Waals surface area contributed by atoms with Crippen LogP contribution in [0.25, 0.3) is 22.6 Å². The highest BCUT2D eigenvalue weighted by atomic mass is 35.5. The minimum atomic E-state index is -0.347. The van der Waals surface area contributed by atoms with Crippen LogP contribution in [-0.4, -0.2) is 15.2 Å². The quantitative estimate of drug-likeness (QED) is 0.598. The summed E-state index contributed by atoms with van der Waals surface area (Å²) in [6, 6.07) is 8.17. The minimum absolute atomic E-state index is 0.204. The van der Waals surface area contributed by atoms with Crippen LogP contribution in [0.15, 0.2) is 40.9 Å². The van der Waals surface area contributed by atoms with Crippen LogP contribution in [0, 0.1) is 11.7 Å². The van der Waals surface area contributed by atoms with Crippen LogP contribution < -0.4 is 0 Å². The smallest absolute Gasteiger partial charge is 0.251 e. The molecule has 0 aliphatic heterocycles. The molecule has 4 nitrogen and oxygen atoms in total. The van der Waals surface area contributed by atoms with E-state index in [0.29, 0.717) is 34.9 Å². The highest BCUT2D eigenvalue weighted by Crippen LogP contribution is 2.36. The van der Waals surface area contributed by atoms with Gasteiger partial charge in [-0.3, -0.25) is 0 Å². The van der Waals surface area contributed by atoms with Crippen molar-refractivity contribution in [3.8, 4) is 22.6 Å². The van der Waals surface area contributed by atoms with E-state index in [2.05, 4.69) is 29.0 Å². The van der Waals surface area contributed by atoms with Crippen molar-refractivity contribution >= 4 is 11.6 Å². The second-order valence-corrected chi connectivity index (χ2v) is 6.30. The molecule has 0 unspecified atom stereocenters. The zero-order chi connectivity index (χ0) is 17.1. The standard InChI is InChI=1S/C18H17ClFN3O/c1-11(2)7-8-15-22-23-18(24-15)16-13(9-10-21-17(16)19)12-5-3-4-6-14(12)20/h3-6,9-11H,7-8H2,1-2H3. The third-order valence-electron chi connectivity index (χ3n) is 3.69. The molecular weight excluding hydrogens is 329 g/mol. The molecule has 0 saturated heterocycles. The van der Waals surface area contributed by atoms with Crippen molar-refractivity contribution in [3.63, 3.8) is 0 Å². The second kappa shape index (κ2) is 7.09. The van der Waals surface area contributed by atoms with Crippen molar-refractivity contribution < 1.29 is 8.81 Å². The lowest BCUT2D eigenvalue weighted by atomic mass is 10.0. The Kier molecular flexibility index (Phi) is 4.90. The molecule has 3 rings (SSSR count). The third kappa shape index (κ3) is 3.46. The van der Waals surface area contributed by atoms with Gasteiger partial charge in [-0.15, -0.1) is 10.2 Å². The molecule has 0 radical (unpaired) electrons. The molecule has 2 heterocycles. The van der Waals surface area contributed by atoms with E-state index in [9.17, 15) is 4.39 Å². The summed E-state index contributed by atoms with van der Waals surface area (Å²) in [6.45, 7) is 4.26. The number of hydrogen-bond acceptors (Lipinski definition) is 4. The molecule has 0 atom stereocenters. The van der Waals surface area contributed by atoms with Gasteiger partial charge in [-0.2, -0.15) is 0 Å². The minimum Gasteiger partial charge on any atom is -0.421 e. The summed E-state index contributed by atoms with van der Waals surface area (Å²) in [5.74, 6) is 0.986. The van der Waals surface area contributed by atoms with Gasteiger partial charge in [0, 0.05) is 23.7 Å². The van der Waals surface area contributed by atoms with Crippen LogP contribution in [-0.2, 0) is 6.42 Å². The lowest BCUT2D eigenvalue weighted by Crippen LogP contribution is -1.92. The first-order valence-electron chi connectivity index (χ1n) is 7.78. The van der Waals surface area contributed by atoms with Crippen molar-refractivity contribution in [3.05, 3.63) is 53.4 Å². The number of halogens is 2. The maximum atomic E-state index is 14.2. The van der Waals surface area contributed by atoms with E-state index in [1.54, 1.807) is 24.3 Å². The zero-order valence-electron chi connectivity index (χ0n) is 13.5. The van der Waals surface area contributed by atoms with Crippen LogP contribution in [0.3, 0.4) is 0 Å². The maximum Gasteiger partial charge on any atom is 0.251 e. The number of nitrogens with zero attached hydrogens (tertiary/aromatic N) is 3. The summed E-state index contributed by atoms with van der Waals surface area (Å²) in [4.78, 5) is 4.07. The number of pyridine rings is 1. The Bertz CT molecular complexity index is 848. The van der Waals surface area contributed by atoms with E-state index in [-0.39, 0.29) is 16.9 Å². The first-order valence-corrected chi connectivity index (χ1v) is 8.16. The largest absolute Gasteiger partial charge is 0.421 e. The summed E-state index contributed by atoms with van der Waals surface area (Å²) >= 11 is 6.24. The van der Waals surface area contributed by atoms with Crippen molar-refractivity contribution in [2.24, 2.45) is 5.92 Å². The predicted octanol–water partition coefficient (Wildman–Crippen LogP) is 5.18. The zero-order valence-corrected chi connectivity index (χ0v) is 14.2. The van der Waals surface area contributed by atoms with Crippen LogP contribution in [0.2, 0.25) is 5.15 Å². The molecule has 0 bridgehead atoms. The Hall–Kier alpha value is -2.27. The highest BCUT2D eigenvalue weighted by molar-refractivity contribution is 6.32. The van der Waals surface area contributed by atoms with Gasteiger partial charge in [0.2, 0.25) is 5.89 Å². The lowest BCUT2D eigenvalue weighted by Gasteiger charge is -2.08. The molecule has 0 fully saturated rings. The molecule has 6 heteroatoms. The summed E-state index contributed by atoms with van der Waals surface area (Å²) in [5.41, 5.74) is 1.44. The first-order chi connectivity index (χ1) is 11.6. The second-order valence-electron chi connectivity index (χ2n) is 5.94. The Labute approximate surface area is 144 Å². The van der Waals surface area contributed by atoms with Crippen LogP contribution in [0.4, 0.5) is 4.39 Å². The van der Waals surface area contributed by atoms with Gasteiger partial charge in [0.15, 0.2) is 0 Å². The van der Waals surface area contributed by atoms with E-state index < -0.39 is 0 Å². The van der Waals surface area contributed by atoms with E-state index in [1.807, 2.05) is 0 Å². The average Bonchev–Trinajstić information content (AvgIpc) is 3.01. The fraction of sp³-hybridized carbons (Fsp3) is 0.278. The Morgan fingerprint density at radius 1 is 1.12 bits per heavy atom. The van der Waals surface area contributed by atoms with E-state index >= 15 is 0 Å². The summed E-state index contributed by atoms with van der Waals surface area (Å²) in [5, 5.41) is 8.35. The molecule has 0 amide bonds. The molecule has 1 aromatic carbocycles. The van der Waals surface area contributed by atoms with E-state index in [0.717, 1.165) is 6.42 Å². The molecule has 24 heavy (non-hydrogen) atoms. The van der Waals surface area contributed by atoms with Crippen LogP contribution in [0.1, 0.15) is 26.2 Å². The Balaban J connectivity index is 2.04. The van der Waals surface area contributed by atoms with Crippen LogP contribution in [0.5, 0.6) is 0 Å². The monoisotopic (exact) mass is 345 g/mol. The molecular formula is C18H17ClFN3O. The van der Waals surface area contributed by atoms with Gasteiger partial charge >= 0.3 is 0 Å². The van der Waals surface area contributed by atoms with Gasteiger partial charge in [0.1, 0.15) is 11.0 Å². The van der Waals surface area contributed by atoms with Crippen molar-refractivity contribution in [1.82, 2.24) is 15.2 Å². The number of hydrogen-bond donors (Lipinski definition) is 0. The number of rotatable bonds is 5. The predicted molar refractivity (Wildman–Crippen MR) is 91.1 cm³/mol. The van der Waals surface area contributed by atoms with Crippen molar-refractivity contribution in [1.29, 1.82) is 0 Å². The number of aryl methyl sites for hydroxylation is 1. The molecule has 2 aromatic heterocycles. The highest BCUT2D eigenvalue weighted by Gasteiger charge is 2.20. The van der Waals surface area contributed by atoms with Gasteiger partial charge < -0.3 is 4.42 Å². The Morgan fingerprint density at radius 2 is 1.92 bits per heavy atom. The Morgan fingerprint density at radius 3 is 2.67 bits per heavy atom. The number of benzene rings is 1. The average molecular weight is 346 g/mol. The molecule has 0 aliphatic carbocycles.